The van der Waals surface area contributed by atoms with Gasteiger partial charge < -0.3 is 24.8 Å². The lowest BCUT2D eigenvalue weighted by atomic mass is 9.97. The molecular weight excluding hydrogens is 569 g/mol. The van der Waals surface area contributed by atoms with Gasteiger partial charge in [0.15, 0.2) is 11.6 Å². The number of nitrogens with one attached hydrogen (secondary N) is 2. The molecule has 2 N–H and O–H groups in total. The fourth-order valence-electron chi connectivity index (χ4n) is 4.68. The van der Waals surface area contributed by atoms with Crippen LogP contribution in [0.25, 0.3) is 22.3 Å². The normalized spacial score (nSPS) is 16.5. The van der Waals surface area contributed by atoms with Gasteiger partial charge in [0, 0.05) is 49.1 Å². The number of carbonyl (C=O) groups excluding carboxylic acids is 1. The standard InChI is InChI=1S/C28H29Cl2N7O4/c1-5-17(38)6-16-13-41-14-20(16)34-23-7-18-19(11-31-23)35-28(36-27(18)32-9-15-10-33-37(2)12-15)24-25(29)21(39-3)8-22(40-4)26(24)30/h5,7-8,10-12,16,20H,1,6,9,13-14H2,2-4H3,(H,31,34)(H,32,35,36)/t16-,20+/m0/s1. The number of hydrogen-bond donors (Lipinski definition) is 2. The molecule has 4 aromatic rings. The molecule has 0 amide bonds. The molecule has 1 aliphatic heterocycles. The minimum atomic E-state index is -0.0855. The second-order valence-corrected chi connectivity index (χ2v) is 10.3. The highest BCUT2D eigenvalue weighted by Gasteiger charge is 2.30. The Bertz CT molecular complexity index is 1580. The fraction of sp³-hybridized carbons (Fsp3) is 0.321. The molecule has 1 fully saturated rings. The number of pyridine rings is 1. The summed E-state index contributed by atoms with van der Waals surface area (Å²) in [6, 6.07) is 3.39. The van der Waals surface area contributed by atoms with Crippen molar-refractivity contribution in [3.63, 3.8) is 0 Å². The number of nitrogens with zero attached hydrogens (tertiary/aromatic N) is 5. The molecule has 5 rings (SSSR count). The maximum absolute atomic E-state index is 12.0. The van der Waals surface area contributed by atoms with Crippen LogP contribution in [0.3, 0.4) is 0 Å². The lowest BCUT2D eigenvalue weighted by molar-refractivity contribution is -0.115. The maximum Gasteiger partial charge on any atom is 0.165 e. The highest BCUT2D eigenvalue weighted by molar-refractivity contribution is 6.41. The van der Waals surface area contributed by atoms with Gasteiger partial charge in [-0.15, -0.1) is 0 Å². The summed E-state index contributed by atoms with van der Waals surface area (Å²) in [4.78, 5) is 26.2. The van der Waals surface area contributed by atoms with Gasteiger partial charge >= 0.3 is 0 Å². The summed E-state index contributed by atoms with van der Waals surface area (Å²) in [5.41, 5.74) is 1.89. The van der Waals surface area contributed by atoms with E-state index in [-0.39, 0.29) is 33.6 Å². The van der Waals surface area contributed by atoms with Gasteiger partial charge in [0.25, 0.3) is 0 Å². The zero-order valence-corrected chi connectivity index (χ0v) is 24.3. The van der Waals surface area contributed by atoms with Crippen molar-refractivity contribution in [3.05, 3.63) is 59.0 Å². The predicted molar refractivity (Wildman–Crippen MR) is 158 cm³/mol. The third-order valence-electron chi connectivity index (χ3n) is 6.82. The summed E-state index contributed by atoms with van der Waals surface area (Å²) in [6.07, 6.45) is 7.03. The minimum absolute atomic E-state index is 0.00660. The zero-order valence-electron chi connectivity index (χ0n) is 22.8. The van der Waals surface area contributed by atoms with E-state index in [0.717, 1.165) is 10.9 Å². The molecule has 13 heteroatoms. The van der Waals surface area contributed by atoms with Crippen molar-refractivity contribution >= 4 is 51.5 Å². The molecule has 1 aromatic carbocycles. The first-order chi connectivity index (χ1) is 19.8. The molecule has 1 saturated heterocycles. The number of ether oxygens (including phenoxy) is 3. The number of hydrogen-bond acceptors (Lipinski definition) is 10. The first kappa shape index (κ1) is 28.6. The van der Waals surface area contributed by atoms with Gasteiger partial charge in [-0.3, -0.25) is 9.48 Å². The van der Waals surface area contributed by atoms with Crippen LogP contribution in [0.5, 0.6) is 11.5 Å². The van der Waals surface area contributed by atoms with E-state index < -0.39 is 0 Å². The molecule has 0 aliphatic carbocycles. The van der Waals surface area contributed by atoms with Gasteiger partial charge in [-0.05, 0) is 12.1 Å². The SMILES string of the molecule is C=CC(=O)C[C@H]1COC[C@H]1Nc1cc2c(NCc3cnn(C)c3)nc(-c3c(Cl)c(OC)cc(OC)c3Cl)nc2cn1. The summed E-state index contributed by atoms with van der Waals surface area (Å²) in [6.45, 7) is 4.98. The Kier molecular flexibility index (Phi) is 8.57. The van der Waals surface area contributed by atoms with E-state index >= 15 is 0 Å². The monoisotopic (exact) mass is 597 g/mol. The largest absolute Gasteiger partial charge is 0.495 e. The Hall–Kier alpha value is -3.93. The summed E-state index contributed by atoms with van der Waals surface area (Å²) >= 11 is 13.4. The van der Waals surface area contributed by atoms with Gasteiger partial charge in [0.2, 0.25) is 0 Å². The molecule has 0 bridgehead atoms. The van der Waals surface area contributed by atoms with Crippen LogP contribution < -0.4 is 20.1 Å². The molecular formula is C28H29Cl2N7O4. The molecule has 0 unspecified atom stereocenters. The first-order valence-corrected chi connectivity index (χ1v) is 13.6. The summed E-state index contributed by atoms with van der Waals surface area (Å²) in [5, 5.41) is 12.3. The van der Waals surface area contributed by atoms with Gasteiger partial charge in [-0.1, -0.05) is 29.8 Å². The molecule has 1 aliphatic rings. The summed E-state index contributed by atoms with van der Waals surface area (Å²) in [5.74, 6) is 2.14. The Morgan fingerprint density at radius 2 is 1.93 bits per heavy atom. The number of rotatable bonds is 11. The van der Waals surface area contributed by atoms with Crippen molar-refractivity contribution in [1.29, 1.82) is 0 Å². The van der Waals surface area contributed by atoms with Crippen LogP contribution in [0.2, 0.25) is 10.0 Å². The second kappa shape index (κ2) is 12.3. The number of allylic oxidation sites excluding steroid dienone is 1. The first-order valence-electron chi connectivity index (χ1n) is 12.8. The Balaban J connectivity index is 1.56. The van der Waals surface area contributed by atoms with Crippen LogP contribution >= 0.6 is 23.2 Å². The van der Waals surface area contributed by atoms with Crippen LogP contribution in [0.4, 0.5) is 11.6 Å². The van der Waals surface area contributed by atoms with E-state index in [0.29, 0.717) is 60.4 Å². The summed E-state index contributed by atoms with van der Waals surface area (Å²) < 4.78 is 18.3. The van der Waals surface area contributed by atoms with E-state index in [1.165, 1.54) is 20.3 Å². The van der Waals surface area contributed by atoms with Crippen molar-refractivity contribution in [1.82, 2.24) is 24.7 Å². The van der Waals surface area contributed by atoms with Crippen LogP contribution in [-0.2, 0) is 23.1 Å². The third-order valence-corrected chi connectivity index (χ3v) is 7.57. The van der Waals surface area contributed by atoms with Crippen LogP contribution in [0.15, 0.2) is 43.4 Å². The van der Waals surface area contributed by atoms with E-state index in [9.17, 15) is 4.79 Å². The molecule has 0 radical (unpaired) electrons. The van der Waals surface area contributed by atoms with Crippen LogP contribution in [0.1, 0.15) is 12.0 Å². The van der Waals surface area contributed by atoms with Gasteiger partial charge in [-0.25, -0.2) is 15.0 Å². The molecule has 3 aromatic heterocycles. The van der Waals surface area contributed by atoms with E-state index in [1.807, 2.05) is 19.3 Å². The number of ketones is 1. The molecule has 0 saturated carbocycles. The van der Waals surface area contributed by atoms with Crippen molar-refractivity contribution < 1.29 is 19.0 Å². The lowest BCUT2D eigenvalue weighted by Gasteiger charge is -2.19. The van der Waals surface area contributed by atoms with Crippen molar-refractivity contribution in [3.8, 4) is 22.9 Å². The highest BCUT2D eigenvalue weighted by atomic mass is 35.5. The zero-order chi connectivity index (χ0) is 29.1. The molecule has 214 valence electrons. The highest BCUT2D eigenvalue weighted by Crippen LogP contribution is 2.45. The average molecular weight is 598 g/mol. The minimum Gasteiger partial charge on any atom is -0.495 e. The summed E-state index contributed by atoms with van der Waals surface area (Å²) in [7, 11) is 4.87. The number of carbonyl (C=O) groups is 1. The van der Waals surface area contributed by atoms with Gasteiger partial charge in [0.1, 0.15) is 23.1 Å². The number of methoxy groups -OCH3 is 2. The smallest absolute Gasteiger partial charge is 0.165 e. The number of halogens is 2. The maximum atomic E-state index is 12.0. The van der Waals surface area contributed by atoms with Crippen molar-refractivity contribution in [2.75, 3.05) is 38.1 Å². The van der Waals surface area contributed by atoms with E-state index in [1.54, 1.807) is 23.1 Å². The topological polar surface area (TPSA) is 125 Å². The molecule has 11 nitrogen and oxygen atoms in total. The molecule has 0 spiro atoms. The average Bonchev–Trinajstić information content (AvgIpc) is 3.59. The Morgan fingerprint density at radius 1 is 1.17 bits per heavy atom. The quantitative estimate of drug-likeness (QED) is 0.230. The number of fused-ring (bicyclic) bond motifs is 1. The number of benzene rings is 1. The Labute approximate surface area is 246 Å². The fourth-order valence-corrected chi connectivity index (χ4v) is 5.35. The lowest BCUT2D eigenvalue weighted by Crippen LogP contribution is -2.29. The van der Waals surface area contributed by atoms with Crippen molar-refractivity contribution in [2.45, 2.75) is 19.0 Å². The van der Waals surface area contributed by atoms with E-state index in [2.05, 4.69) is 27.3 Å². The number of anilines is 2. The predicted octanol–water partition coefficient (Wildman–Crippen LogP) is 4.93. The number of aryl methyl sites for hydroxylation is 1. The molecule has 4 heterocycles. The number of aromatic nitrogens is 5. The Morgan fingerprint density at radius 3 is 2.59 bits per heavy atom. The van der Waals surface area contributed by atoms with Crippen LogP contribution in [0, 0.1) is 5.92 Å². The third kappa shape index (κ3) is 6.07. The second-order valence-electron chi connectivity index (χ2n) is 9.57. The van der Waals surface area contributed by atoms with E-state index in [4.69, 9.17) is 47.4 Å². The van der Waals surface area contributed by atoms with Crippen LogP contribution in [-0.4, -0.2) is 64.0 Å². The molecule has 2 atom stereocenters. The molecule has 41 heavy (non-hydrogen) atoms. The van der Waals surface area contributed by atoms with Gasteiger partial charge in [-0.2, -0.15) is 5.10 Å². The van der Waals surface area contributed by atoms with Crippen molar-refractivity contribution in [2.24, 2.45) is 13.0 Å². The van der Waals surface area contributed by atoms with Gasteiger partial charge in [0.05, 0.1) is 67.0 Å².